The minimum Gasteiger partial charge on any atom is -0.493 e. The molecule has 1 amide bonds. The van der Waals surface area contributed by atoms with Crippen molar-refractivity contribution in [2.75, 3.05) is 34.4 Å². The Hall–Kier alpha value is -2.36. The van der Waals surface area contributed by atoms with Crippen LogP contribution in [-0.2, 0) is 0 Å². The quantitative estimate of drug-likeness (QED) is 0.580. The number of likely N-dealkylation sites (tertiary alicyclic amines) is 1. The first-order valence-corrected chi connectivity index (χ1v) is 11.5. The number of methoxy groups -OCH3 is 3. The van der Waals surface area contributed by atoms with Crippen molar-refractivity contribution in [3.05, 3.63) is 40.1 Å². The number of nitrogens with zero attached hydrogens (tertiary/aromatic N) is 1. The molecule has 2 N–H and O–H groups in total. The first-order valence-electron chi connectivity index (χ1n) is 10.2. The van der Waals surface area contributed by atoms with Gasteiger partial charge >= 0.3 is 0 Å². The molecule has 1 saturated heterocycles. The molecule has 0 aliphatic carbocycles. The molecule has 168 valence electrons. The van der Waals surface area contributed by atoms with Crippen molar-refractivity contribution in [1.29, 1.82) is 0 Å². The van der Waals surface area contributed by atoms with Gasteiger partial charge in [0.25, 0.3) is 5.91 Å². The second-order valence-corrected chi connectivity index (χ2v) is 8.72. The van der Waals surface area contributed by atoms with Crippen LogP contribution in [0.4, 0.5) is 0 Å². The van der Waals surface area contributed by atoms with Gasteiger partial charge in [0.2, 0.25) is 5.75 Å². The van der Waals surface area contributed by atoms with E-state index in [0.29, 0.717) is 22.8 Å². The Morgan fingerprint density at radius 1 is 1.13 bits per heavy atom. The summed E-state index contributed by atoms with van der Waals surface area (Å²) in [4.78, 5) is 16.6. The second-order valence-electron chi connectivity index (χ2n) is 7.33. The standard InChI is InChI=1S/C22H29N3O4S2/c1-14(19(18-8-7-11-31-18)25-9-5-6-10-25)23-22(30)24-21(26)15-12-16(27-2)20(29-4)17(13-15)28-3/h7-8,11-14,19H,5-6,9-10H2,1-4H3,(H2,23,24,26,30)/t14-,19-/m0/s1. The van der Waals surface area contributed by atoms with Crippen molar-refractivity contribution >= 4 is 34.6 Å². The molecule has 0 bridgehead atoms. The second kappa shape index (κ2) is 10.8. The van der Waals surface area contributed by atoms with Gasteiger partial charge in [0.1, 0.15) is 0 Å². The SMILES string of the molecule is COc1cc(C(=O)NC(=S)N[C@@H](C)[C@@H](c2cccs2)N2CCCC2)cc(OC)c1OC. The van der Waals surface area contributed by atoms with Gasteiger partial charge < -0.3 is 19.5 Å². The molecular weight excluding hydrogens is 434 g/mol. The Morgan fingerprint density at radius 3 is 2.29 bits per heavy atom. The van der Waals surface area contributed by atoms with E-state index < -0.39 is 0 Å². The summed E-state index contributed by atoms with van der Waals surface area (Å²) in [6.07, 6.45) is 2.41. The molecule has 1 fully saturated rings. The third-order valence-electron chi connectivity index (χ3n) is 5.36. The number of carbonyl (C=O) groups excluding carboxylic acids is 1. The van der Waals surface area contributed by atoms with Crippen molar-refractivity contribution in [3.63, 3.8) is 0 Å². The van der Waals surface area contributed by atoms with Crippen LogP contribution in [0.15, 0.2) is 29.6 Å². The molecule has 31 heavy (non-hydrogen) atoms. The maximum Gasteiger partial charge on any atom is 0.257 e. The van der Waals surface area contributed by atoms with Gasteiger partial charge in [-0.05, 0) is 68.7 Å². The number of rotatable bonds is 8. The van der Waals surface area contributed by atoms with Crippen LogP contribution in [-0.4, -0.2) is 56.4 Å². The van der Waals surface area contributed by atoms with Gasteiger partial charge in [-0.2, -0.15) is 0 Å². The van der Waals surface area contributed by atoms with E-state index in [1.54, 1.807) is 23.5 Å². The number of hydrogen-bond acceptors (Lipinski definition) is 7. The smallest absolute Gasteiger partial charge is 0.257 e. The molecule has 1 aliphatic rings. The molecule has 0 saturated carbocycles. The summed E-state index contributed by atoms with van der Waals surface area (Å²) < 4.78 is 16.0. The maximum atomic E-state index is 12.8. The molecule has 0 radical (unpaired) electrons. The minimum atomic E-state index is -0.349. The van der Waals surface area contributed by atoms with Crippen LogP contribution in [0.25, 0.3) is 0 Å². The topological polar surface area (TPSA) is 72.1 Å². The van der Waals surface area contributed by atoms with Crippen molar-refractivity contribution in [1.82, 2.24) is 15.5 Å². The van der Waals surface area contributed by atoms with Gasteiger partial charge in [0, 0.05) is 16.5 Å². The summed E-state index contributed by atoms with van der Waals surface area (Å²) in [6, 6.07) is 7.66. The fraction of sp³-hybridized carbons (Fsp3) is 0.455. The largest absolute Gasteiger partial charge is 0.493 e. The van der Waals surface area contributed by atoms with Gasteiger partial charge in [-0.25, -0.2) is 0 Å². The number of carbonyl (C=O) groups is 1. The van der Waals surface area contributed by atoms with E-state index in [9.17, 15) is 4.79 Å². The molecule has 2 aromatic rings. The first kappa shape index (κ1) is 23.3. The molecular formula is C22H29N3O4S2. The normalized spacial score (nSPS) is 15.7. The summed E-state index contributed by atoms with van der Waals surface area (Å²) in [7, 11) is 4.54. The van der Waals surface area contributed by atoms with Crippen molar-refractivity contribution in [2.45, 2.75) is 31.8 Å². The molecule has 0 spiro atoms. The molecule has 3 rings (SSSR count). The lowest BCUT2D eigenvalue weighted by atomic mass is 10.1. The highest BCUT2D eigenvalue weighted by Gasteiger charge is 2.29. The van der Waals surface area contributed by atoms with Crippen LogP contribution in [0.5, 0.6) is 17.2 Å². The van der Waals surface area contributed by atoms with Crippen LogP contribution in [0.3, 0.4) is 0 Å². The van der Waals surface area contributed by atoms with E-state index in [4.69, 9.17) is 26.4 Å². The van der Waals surface area contributed by atoms with Crippen LogP contribution in [0.1, 0.15) is 41.0 Å². The van der Waals surface area contributed by atoms with Gasteiger partial charge in [-0.15, -0.1) is 11.3 Å². The molecule has 9 heteroatoms. The average molecular weight is 464 g/mol. The highest BCUT2D eigenvalue weighted by atomic mass is 32.1. The minimum absolute atomic E-state index is 0.0319. The van der Waals surface area contributed by atoms with E-state index in [2.05, 4.69) is 40.0 Å². The van der Waals surface area contributed by atoms with Gasteiger partial charge in [-0.3, -0.25) is 15.0 Å². The molecule has 2 atom stereocenters. The van der Waals surface area contributed by atoms with Crippen LogP contribution in [0, 0.1) is 0 Å². The first-order chi connectivity index (χ1) is 15.0. The summed E-state index contributed by atoms with van der Waals surface area (Å²) >= 11 is 7.20. The third-order valence-corrected chi connectivity index (χ3v) is 6.52. The highest BCUT2D eigenvalue weighted by Crippen LogP contribution is 2.38. The third kappa shape index (κ3) is 5.47. The molecule has 1 aromatic carbocycles. The predicted molar refractivity (Wildman–Crippen MR) is 127 cm³/mol. The predicted octanol–water partition coefficient (Wildman–Crippen LogP) is 3.60. The Labute approximate surface area is 192 Å². The number of ether oxygens (including phenoxy) is 3. The number of amides is 1. The zero-order valence-electron chi connectivity index (χ0n) is 18.3. The summed E-state index contributed by atoms with van der Waals surface area (Å²) in [5, 5.41) is 8.45. The van der Waals surface area contributed by atoms with Gasteiger partial charge in [0.15, 0.2) is 16.6 Å². The van der Waals surface area contributed by atoms with Crippen LogP contribution >= 0.6 is 23.6 Å². The number of hydrogen-bond donors (Lipinski definition) is 2. The fourth-order valence-electron chi connectivity index (χ4n) is 3.93. The average Bonchev–Trinajstić information content (AvgIpc) is 3.47. The molecule has 7 nitrogen and oxygen atoms in total. The number of nitrogens with one attached hydrogen (secondary N) is 2. The Balaban J connectivity index is 1.70. The Morgan fingerprint density at radius 2 is 1.77 bits per heavy atom. The lowest BCUT2D eigenvalue weighted by molar-refractivity contribution is 0.0975. The van der Waals surface area contributed by atoms with E-state index in [1.165, 1.54) is 39.0 Å². The zero-order chi connectivity index (χ0) is 22.4. The monoisotopic (exact) mass is 463 g/mol. The summed E-state index contributed by atoms with van der Waals surface area (Å²) in [5.74, 6) is 0.898. The van der Waals surface area contributed by atoms with E-state index in [1.807, 2.05) is 0 Å². The highest BCUT2D eigenvalue weighted by molar-refractivity contribution is 7.80. The van der Waals surface area contributed by atoms with Gasteiger partial charge in [0.05, 0.1) is 27.4 Å². The summed E-state index contributed by atoms with van der Waals surface area (Å²) in [5.41, 5.74) is 0.362. The van der Waals surface area contributed by atoms with Crippen molar-refractivity contribution in [2.24, 2.45) is 0 Å². The number of benzene rings is 1. The lowest BCUT2D eigenvalue weighted by Gasteiger charge is -2.33. The fourth-order valence-corrected chi connectivity index (χ4v) is 5.17. The molecule has 2 heterocycles. The summed E-state index contributed by atoms with van der Waals surface area (Å²) in [6.45, 7) is 4.24. The van der Waals surface area contributed by atoms with Crippen molar-refractivity contribution in [3.8, 4) is 17.2 Å². The van der Waals surface area contributed by atoms with Gasteiger partial charge in [-0.1, -0.05) is 6.07 Å². The lowest BCUT2D eigenvalue weighted by Crippen LogP contribution is -2.48. The van der Waals surface area contributed by atoms with Crippen molar-refractivity contribution < 1.29 is 19.0 Å². The molecule has 1 aromatic heterocycles. The molecule has 1 aliphatic heterocycles. The maximum absolute atomic E-state index is 12.8. The van der Waals surface area contributed by atoms with E-state index in [-0.39, 0.29) is 23.1 Å². The van der Waals surface area contributed by atoms with E-state index in [0.717, 1.165) is 13.1 Å². The Bertz CT molecular complexity index is 873. The van der Waals surface area contributed by atoms with Crippen LogP contribution in [0.2, 0.25) is 0 Å². The number of thiophene rings is 1. The number of thiocarbonyl (C=S) groups is 1. The zero-order valence-corrected chi connectivity index (χ0v) is 19.9. The van der Waals surface area contributed by atoms with E-state index >= 15 is 0 Å². The Kier molecular flexibility index (Phi) is 8.11. The van der Waals surface area contributed by atoms with Crippen LogP contribution < -0.4 is 24.8 Å². The molecule has 0 unspecified atom stereocenters.